The van der Waals surface area contributed by atoms with Gasteiger partial charge in [-0.2, -0.15) is 0 Å². The highest BCUT2D eigenvalue weighted by Crippen LogP contribution is 2.09. The normalized spacial score (nSPS) is 10.6. The zero-order valence-corrected chi connectivity index (χ0v) is 7.73. The van der Waals surface area contributed by atoms with Crippen LogP contribution in [0.2, 0.25) is 0 Å². The molecule has 0 saturated carbocycles. The van der Waals surface area contributed by atoms with E-state index in [2.05, 4.69) is 4.99 Å². The summed E-state index contributed by atoms with van der Waals surface area (Å²) < 4.78 is 5.03. The summed E-state index contributed by atoms with van der Waals surface area (Å²) in [5, 5.41) is 0. The van der Waals surface area contributed by atoms with Crippen LogP contribution in [0.25, 0.3) is 0 Å². The Morgan fingerprint density at radius 2 is 2.08 bits per heavy atom. The predicted molar refractivity (Wildman–Crippen MR) is 54.5 cm³/mol. The molecule has 0 radical (unpaired) electrons. The maximum Gasteiger partial charge on any atom is 0.118 e. The minimum atomic E-state index is 0.590. The molecule has 0 heterocycles. The van der Waals surface area contributed by atoms with Gasteiger partial charge in [0, 0.05) is 12.8 Å². The van der Waals surface area contributed by atoms with Gasteiger partial charge >= 0.3 is 0 Å². The summed E-state index contributed by atoms with van der Waals surface area (Å²) in [5.74, 6) is 0.857. The predicted octanol–water partition coefficient (Wildman–Crippen LogP) is 1.07. The number of methoxy groups -OCH3 is 1. The number of hydrogen-bond donors (Lipinski definition) is 1. The van der Waals surface area contributed by atoms with Crippen molar-refractivity contribution < 1.29 is 4.74 Å². The van der Waals surface area contributed by atoms with Crippen LogP contribution in [-0.2, 0) is 0 Å². The molecule has 0 fully saturated rings. The molecule has 0 aliphatic rings. The molecule has 0 spiro atoms. The summed E-state index contributed by atoms with van der Waals surface area (Å²) in [5.41, 5.74) is 6.37. The van der Waals surface area contributed by atoms with Gasteiger partial charge in [-0.05, 0) is 29.8 Å². The third kappa shape index (κ3) is 3.25. The van der Waals surface area contributed by atoms with Crippen molar-refractivity contribution in [2.24, 2.45) is 10.7 Å². The van der Waals surface area contributed by atoms with E-state index in [0.29, 0.717) is 13.1 Å². The minimum absolute atomic E-state index is 0.590. The molecule has 2 N–H and O–H groups in total. The van der Waals surface area contributed by atoms with Gasteiger partial charge in [0.05, 0.1) is 13.7 Å². The first-order valence-corrected chi connectivity index (χ1v) is 4.21. The topological polar surface area (TPSA) is 47.6 Å². The van der Waals surface area contributed by atoms with E-state index >= 15 is 0 Å². The molecule has 0 aromatic heterocycles. The molecule has 1 aromatic carbocycles. The zero-order chi connectivity index (χ0) is 9.52. The average Bonchev–Trinajstić information content (AvgIpc) is 2.19. The Morgan fingerprint density at radius 1 is 1.38 bits per heavy atom. The second kappa shape index (κ2) is 5.32. The van der Waals surface area contributed by atoms with Crippen molar-refractivity contribution >= 4 is 6.21 Å². The first-order valence-electron chi connectivity index (χ1n) is 4.21. The van der Waals surface area contributed by atoms with Crippen LogP contribution in [0.15, 0.2) is 29.3 Å². The summed E-state index contributed by atoms with van der Waals surface area (Å²) >= 11 is 0. The molecule has 0 bridgehead atoms. The highest BCUT2D eigenvalue weighted by Gasteiger charge is 1.89. The summed E-state index contributed by atoms with van der Waals surface area (Å²) in [4.78, 5) is 4.12. The van der Waals surface area contributed by atoms with Gasteiger partial charge in [0.1, 0.15) is 5.75 Å². The second-order valence-electron chi connectivity index (χ2n) is 2.60. The molecule has 1 rings (SSSR count). The fourth-order valence-corrected chi connectivity index (χ4v) is 0.934. The van der Waals surface area contributed by atoms with Gasteiger partial charge in [0.25, 0.3) is 0 Å². The van der Waals surface area contributed by atoms with Gasteiger partial charge < -0.3 is 10.5 Å². The highest BCUT2D eigenvalue weighted by atomic mass is 16.5. The lowest BCUT2D eigenvalue weighted by atomic mass is 10.2. The van der Waals surface area contributed by atoms with Gasteiger partial charge in [0.2, 0.25) is 0 Å². The third-order valence-corrected chi connectivity index (χ3v) is 1.61. The van der Waals surface area contributed by atoms with Crippen molar-refractivity contribution in [3.8, 4) is 5.75 Å². The monoisotopic (exact) mass is 178 g/mol. The lowest BCUT2D eigenvalue weighted by Gasteiger charge is -1.98. The Bertz CT molecular complexity index is 267. The van der Waals surface area contributed by atoms with E-state index in [1.54, 1.807) is 7.11 Å². The number of benzene rings is 1. The van der Waals surface area contributed by atoms with Crippen LogP contribution in [0.5, 0.6) is 5.75 Å². The summed E-state index contributed by atoms with van der Waals surface area (Å²) in [6, 6.07) is 7.73. The van der Waals surface area contributed by atoms with Gasteiger partial charge in [-0.1, -0.05) is 0 Å². The third-order valence-electron chi connectivity index (χ3n) is 1.61. The van der Waals surface area contributed by atoms with E-state index in [1.165, 1.54) is 0 Å². The molecular weight excluding hydrogens is 164 g/mol. The average molecular weight is 178 g/mol. The van der Waals surface area contributed by atoms with Gasteiger partial charge in [-0.3, -0.25) is 4.99 Å². The van der Waals surface area contributed by atoms with E-state index in [0.717, 1.165) is 11.3 Å². The lowest BCUT2D eigenvalue weighted by Crippen LogP contribution is -2.02. The molecule has 0 amide bonds. The lowest BCUT2D eigenvalue weighted by molar-refractivity contribution is 0.415. The van der Waals surface area contributed by atoms with E-state index in [1.807, 2.05) is 30.5 Å². The first-order chi connectivity index (χ1) is 6.36. The molecule has 3 nitrogen and oxygen atoms in total. The van der Waals surface area contributed by atoms with E-state index in [4.69, 9.17) is 10.5 Å². The van der Waals surface area contributed by atoms with Crippen molar-refractivity contribution in [2.75, 3.05) is 20.2 Å². The largest absolute Gasteiger partial charge is 0.497 e. The standard InChI is InChI=1S/C10H14N2O/c1-13-10-4-2-9(3-5-10)8-12-7-6-11/h2-5,8H,6-7,11H2,1H3/b12-8+. The van der Waals surface area contributed by atoms with Crippen molar-refractivity contribution in [3.63, 3.8) is 0 Å². The van der Waals surface area contributed by atoms with E-state index < -0.39 is 0 Å². The molecule has 0 aliphatic heterocycles. The molecule has 13 heavy (non-hydrogen) atoms. The SMILES string of the molecule is COc1ccc(/C=N/CCN)cc1. The number of aliphatic imine (C=N–C) groups is 1. The summed E-state index contributed by atoms with van der Waals surface area (Å²) in [6.07, 6.45) is 1.81. The van der Waals surface area contributed by atoms with Crippen LogP contribution >= 0.6 is 0 Å². The molecular formula is C10H14N2O. The van der Waals surface area contributed by atoms with Crippen molar-refractivity contribution in [2.45, 2.75) is 0 Å². The zero-order valence-electron chi connectivity index (χ0n) is 7.73. The second-order valence-corrected chi connectivity index (χ2v) is 2.60. The molecule has 0 unspecified atom stereocenters. The molecule has 3 heteroatoms. The Labute approximate surface area is 78.2 Å². The van der Waals surface area contributed by atoms with Gasteiger partial charge in [-0.15, -0.1) is 0 Å². The number of ether oxygens (including phenoxy) is 1. The minimum Gasteiger partial charge on any atom is -0.497 e. The van der Waals surface area contributed by atoms with Crippen LogP contribution in [0.4, 0.5) is 0 Å². The smallest absolute Gasteiger partial charge is 0.118 e. The quantitative estimate of drug-likeness (QED) is 0.701. The molecule has 0 saturated heterocycles. The molecule has 0 aliphatic carbocycles. The van der Waals surface area contributed by atoms with E-state index in [-0.39, 0.29) is 0 Å². The number of hydrogen-bond acceptors (Lipinski definition) is 3. The van der Waals surface area contributed by atoms with E-state index in [9.17, 15) is 0 Å². The Kier molecular flexibility index (Phi) is 3.99. The summed E-state index contributed by atoms with van der Waals surface area (Å²) in [7, 11) is 1.65. The van der Waals surface area contributed by atoms with Gasteiger partial charge in [0.15, 0.2) is 0 Å². The number of nitrogens with zero attached hydrogens (tertiary/aromatic N) is 1. The summed E-state index contributed by atoms with van der Waals surface area (Å²) in [6.45, 7) is 1.26. The van der Waals surface area contributed by atoms with Crippen LogP contribution in [-0.4, -0.2) is 26.4 Å². The number of nitrogens with two attached hydrogens (primary N) is 1. The van der Waals surface area contributed by atoms with Crippen molar-refractivity contribution in [3.05, 3.63) is 29.8 Å². The Hall–Kier alpha value is -1.35. The van der Waals surface area contributed by atoms with Crippen LogP contribution < -0.4 is 10.5 Å². The Balaban J connectivity index is 2.58. The van der Waals surface area contributed by atoms with Crippen LogP contribution in [0.3, 0.4) is 0 Å². The number of rotatable bonds is 4. The van der Waals surface area contributed by atoms with Crippen molar-refractivity contribution in [1.29, 1.82) is 0 Å². The van der Waals surface area contributed by atoms with Crippen LogP contribution in [0.1, 0.15) is 5.56 Å². The fourth-order valence-electron chi connectivity index (χ4n) is 0.934. The Morgan fingerprint density at radius 3 is 2.62 bits per heavy atom. The van der Waals surface area contributed by atoms with Crippen molar-refractivity contribution in [1.82, 2.24) is 0 Å². The first kappa shape index (κ1) is 9.74. The fraction of sp³-hybridized carbons (Fsp3) is 0.300. The highest BCUT2D eigenvalue weighted by molar-refractivity contribution is 5.79. The van der Waals surface area contributed by atoms with Crippen LogP contribution in [0, 0.1) is 0 Å². The van der Waals surface area contributed by atoms with Gasteiger partial charge in [-0.25, -0.2) is 0 Å². The maximum atomic E-state index is 5.30. The maximum absolute atomic E-state index is 5.30. The molecule has 0 atom stereocenters. The molecule has 70 valence electrons. The molecule has 1 aromatic rings.